The summed E-state index contributed by atoms with van der Waals surface area (Å²) >= 11 is 0. The zero-order chi connectivity index (χ0) is 13.0. The quantitative estimate of drug-likeness (QED) is 0.739. The normalized spacial score (nSPS) is 24.4. The molecule has 1 aliphatic heterocycles. The van der Waals surface area contributed by atoms with Gasteiger partial charge in [-0.1, -0.05) is 0 Å². The summed E-state index contributed by atoms with van der Waals surface area (Å²) in [4.78, 5) is 16.3. The Hall–Kier alpha value is -0.610. The first-order valence-corrected chi connectivity index (χ1v) is 7.29. The maximum Gasteiger partial charge on any atom is 0.236 e. The second-order valence-electron chi connectivity index (χ2n) is 5.85. The molecule has 0 aromatic carbocycles. The van der Waals surface area contributed by atoms with Crippen LogP contribution in [0.1, 0.15) is 38.5 Å². The van der Waals surface area contributed by atoms with Crippen molar-refractivity contribution in [3.63, 3.8) is 0 Å². The van der Waals surface area contributed by atoms with E-state index in [4.69, 9.17) is 5.11 Å². The van der Waals surface area contributed by atoms with Crippen molar-refractivity contribution < 1.29 is 9.90 Å². The van der Waals surface area contributed by atoms with Crippen molar-refractivity contribution in [2.45, 2.75) is 44.6 Å². The second-order valence-corrected chi connectivity index (χ2v) is 5.85. The molecule has 0 aromatic heterocycles. The van der Waals surface area contributed by atoms with Crippen molar-refractivity contribution in [2.75, 3.05) is 33.3 Å². The molecule has 1 amide bonds. The largest absolute Gasteiger partial charge is 0.396 e. The van der Waals surface area contributed by atoms with Gasteiger partial charge in [0.05, 0.1) is 6.54 Å². The highest BCUT2D eigenvalue weighted by atomic mass is 16.3. The molecule has 18 heavy (non-hydrogen) atoms. The van der Waals surface area contributed by atoms with Crippen LogP contribution in [-0.4, -0.2) is 60.1 Å². The predicted octanol–water partition coefficient (Wildman–Crippen LogP) is 1.09. The summed E-state index contributed by atoms with van der Waals surface area (Å²) in [5.41, 5.74) is 0. The number of aliphatic hydroxyl groups excluding tert-OH is 1. The Morgan fingerprint density at radius 2 is 2.17 bits per heavy atom. The van der Waals surface area contributed by atoms with Crippen LogP contribution in [0.5, 0.6) is 0 Å². The number of rotatable bonds is 7. The third kappa shape index (κ3) is 3.95. The fourth-order valence-electron chi connectivity index (χ4n) is 2.84. The van der Waals surface area contributed by atoms with E-state index < -0.39 is 0 Å². The molecular weight excluding hydrogens is 228 g/mol. The smallest absolute Gasteiger partial charge is 0.236 e. The van der Waals surface area contributed by atoms with E-state index in [1.54, 1.807) is 0 Å². The highest BCUT2D eigenvalue weighted by Gasteiger charge is 2.29. The predicted molar refractivity (Wildman–Crippen MR) is 71.3 cm³/mol. The lowest BCUT2D eigenvalue weighted by atomic mass is 10.1. The second kappa shape index (κ2) is 6.53. The number of likely N-dealkylation sites (N-methyl/N-ethyl adjacent to an activating group) is 1. The average molecular weight is 254 g/mol. The highest BCUT2D eigenvalue weighted by molar-refractivity contribution is 5.78. The molecule has 1 unspecified atom stereocenters. The summed E-state index contributed by atoms with van der Waals surface area (Å²) in [6.45, 7) is 2.81. The van der Waals surface area contributed by atoms with Gasteiger partial charge in [0.25, 0.3) is 0 Å². The van der Waals surface area contributed by atoms with Crippen LogP contribution in [0.15, 0.2) is 0 Å². The lowest BCUT2D eigenvalue weighted by Gasteiger charge is -2.26. The monoisotopic (exact) mass is 254 g/mol. The number of carbonyl (C=O) groups is 1. The molecule has 0 aromatic rings. The number of amides is 1. The minimum absolute atomic E-state index is 0.262. The van der Waals surface area contributed by atoms with Gasteiger partial charge in [0.1, 0.15) is 0 Å². The van der Waals surface area contributed by atoms with E-state index in [1.165, 1.54) is 25.7 Å². The third-order valence-electron chi connectivity index (χ3n) is 4.19. The van der Waals surface area contributed by atoms with Crippen LogP contribution in [0, 0.1) is 5.92 Å². The molecule has 1 heterocycles. The fraction of sp³-hybridized carbons (Fsp3) is 0.929. The maximum absolute atomic E-state index is 12.1. The summed E-state index contributed by atoms with van der Waals surface area (Å²) in [5, 5.41) is 8.90. The fourth-order valence-corrected chi connectivity index (χ4v) is 2.84. The van der Waals surface area contributed by atoms with Crippen molar-refractivity contribution in [1.82, 2.24) is 9.80 Å². The Kier molecular flexibility index (Phi) is 5.01. The van der Waals surface area contributed by atoms with Gasteiger partial charge >= 0.3 is 0 Å². The van der Waals surface area contributed by atoms with Gasteiger partial charge in [0, 0.05) is 26.2 Å². The van der Waals surface area contributed by atoms with Crippen molar-refractivity contribution in [1.29, 1.82) is 0 Å². The molecule has 2 rings (SSSR count). The Balaban J connectivity index is 1.74. The first-order valence-electron chi connectivity index (χ1n) is 7.29. The lowest BCUT2D eigenvalue weighted by molar-refractivity contribution is -0.131. The number of carbonyl (C=O) groups excluding carboxylic acids is 1. The molecule has 2 fully saturated rings. The molecule has 104 valence electrons. The van der Waals surface area contributed by atoms with Gasteiger partial charge in [-0.25, -0.2) is 0 Å². The van der Waals surface area contributed by atoms with Crippen LogP contribution in [0.4, 0.5) is 0 Å². The van der Waals surface area contributed by atoms with Gasteiger partial charge in [0.2, 0.25) is 5.91 Å². The molecule has 1 saturated carbocycles. The molecule has 4 nitrogen and oxygen atoms in total. The van der Waals surface area contributed by atoms with Crippen LogP contribution in [0.2, 0.25) is 0 Å². The number of likely N-dealkylation sites (tertiary alicyclic amines) is 1. The average Bonchev–Trinajstić information content (AvgIpc) is 3.06. The Morgan fingerprint density at radius 3 is 2.83 bits per heavy atom. The van der Waals surface area contributed by atoms with Gasteiger partial charge in [-0.15, -0.1) is 0 Å². The van der Waals surface area contributed by atoms with Crippen LogP contribution in [0.25, 0.3) is 0 Å². The molecule has 0 spiro atoms. The number of hydrogen-bond acceptors (Lipinski definition) is 3. The zero-order valence-corrected chi connectivity index (χ0v) is 11.5. The minimum atomic E-state index is 0.262. The summed E-state index contributed by atoms with van der Waals surface area (Å²) in [7, 11) is 1.93. The van der Waals surface area contributed by atoms with Crippen molar-refractivity contribution in [2.24, 2.45) is 5.92 Å². The van der Waals surface area contributed by atoms with Crippen LogP contribution >= 0.6 is 0 Å². The van der Waals surface area contributed by atoms with Gasteiger partial charge in [-0.05, 0) is 51.0 Å². The van der Waals surface area contributed by atoms with E-state index >= 15 is 0 Å². The molecule has 1 saturated heterocycles. The Labute approximate surface area is 110 Å². The number of aliphatic hydroxyl groups is 1. The van der Waals surface area contributed by atoms with Gasteiger partial charge in [-0.2, -0.15) is 0 Å². The molecule has 1 N–H and O–H groups in total. The summed E-state index contributed by atoms with van der Waals surface area (Å²) in [5.74, 6) is 1.03. The topological polar surface area (TPSA) is 43.8 Å². The molecule has 0 bridgehead atoms. The van der Waals surface area contributed by atoms with Crippen LogP contribution in [-0.2, 0) is 4.79 Å². The Morgan fingerprint density at radius 1 is 1.39 bits per heavy atom. The molecule has 1 atom stereocenters. The highest BCUT2D eigenvalue weighted by Crippen LogP contribution is 2.29. The molecular formula is C14H26N2O2. The standard InChI is InChI=1S/C14H26N2O2/c1-15(10-12-6-7-12)14(18)11-16-8-2-4-13(16)5-3-9-17/h12-13,17H,2-11H2,1H3. The van der Waals surface area contributed by atoms with Crippen LogP contribution in [0.3, 0.4) is 0 Å². The van der Waals surface area contributed by atoms with E-state index in [1.807, 2.05) is 11.9 Å². The van der Waals surface area contributed by atoms with E-state index in [2.05, 4.69) is 4.90 Å². The van der Waals surface area contributed by atoms with Crippen LogP contribution < -0.4 is 0 Å². The summed E-state index contributed by atoms with van der Waals surface area (Å²) in [6, 6.07) is 0.510. The van der Waals surface area contributed by atoms with Gasteiger partial charge in [-0.3, -0.25) is 9.69 Å². The van der Waals surface area contributed by atoms with E-state index in [0.717, 1.165) is 31.8 Å². The SMILES string of the molecule is CN(CC1CC1)C(=O)CN1CCCC1CCCO. The molecule has 4 heteroatoms. The van der Waals surface area contributed by atoms with Gasteiger partial charge < -0.3 is 10.0 Å². The first kappa shape index (κ1) is 13.8. The van der Waals surface area contributed by atoms with E-state index in [9.17, 15) is 4.79 Å². The summed E-state index contributed by atoms with van der Waals surface area (Å²) < 4.78 is 0. The number of nitrogens with zero attached hydrogens (tertiary/aromatic N) is 2. The number of hydrogen-bond donors (Lipinski definition) is 1. The minimum Gasteiger partial charge on any atom is -0.396 e. The third-order valence-corrected chi connectivity index (χ3v) is 4.19. The summed E-state index contributed by atoms with van der Waals surface area (Å²) in [6.07, 6.45) is 6.83. The van der Waals surface area contributed by atoms with Crippen molar-refractivity contribution in [3.05, 3.63) is 0 Å². The molecule has 1 aliphatic carbocycles. The van der Waals surface area contributed by atoms with Crippen molar-refractivity contribution >= 4 is 5.91 Å². The molecule has 2 aliphatic rings. The zero-order valence-electron chi connectivity index (χ0n) is 11.5. The van der Waals surface area contributed by atoms with E-state index in [-0.39, 0.29) is 12.5 Å². The lowest BCUT2D eigenvalue weighted by Crippen LogP contribution is -2.41. The van der Waals surface area contributed by atoms with Gasteiger partial charge in [0.15, 0.2) is 0 Å². The van der Waals surface area contributed by atoms with E-state index in [0.29, 0.717) is 12.6 Å². The molecule has 0 radical (unpaired) electrons. The maximum atomic E-state index is 12.1. The first-order chi connectivity index (χ1) is 8.70. The van der Waals surface area contributed by atoms with Crippen molar-refractivity contribution in [3.8, 4) is 0 Å². The Bertz CT molecular complexity index is 279.